The summed E-state index contributed by atoms with van der Waals surface area (Å²) in [6.45, 7) is 2.96. The van der Waals surface area contributed by atoms with Gasteiger partial charge in [0.1, 0.15) is 18.2 Å². The van der Waals surface area contributed by atoms with E-state index in [0.717, 1.165) is 30.4 Å². The number of nitrogens with zero attached hydrogens (tertiary/aromatic N) is 3. The van der Waals surface area contributed by atoms with E-state index in [1.165, 1.54) is 0 Å². The van der Waals surface area contributed by atoms with Crippen molar-refractivity contribution in [2.45, 2.75) is 52.1 Å². The van der Waals surface area contributed by atoms with E-state index >= 15 is 0 Å². The molecule has 1 heterocycles. The molecule has 0 aliphatic heterocycles. The first kappa shape index (κ1) is 20.3. The molecule has 8 nitrogen and oxygen atoms in total. The lowest BCUT2D eigenvalue weighted by molar-refractivity contribution is -0.117. The van der Waals surface area contributed by atoms with Crippen LogP contribution in [0, 0.1) is 25.2 Å². The summed E-state index contributed by atoms with van der Waals surface area (Å²) in [6, 6.07) is 8.76. The number of benzene rings is 1. The number of amides is 2. The van der Waals surface area contributed by atoms with Crippen LogP contribution in [0.4, 0.5) is 5.69 Å². The molecule has 150 valence electrons. The van der Waals surface area contributed by atoms with Crippen molar-refractivity contribution < 1.29 is 9.59 Å². The van der Waals surface area contributed by atoms with Gasteiger partial charge in [0.15, 0.2) is 0 Å². The van der Waals surface area contributed by atoms with E-state index in [4.69, 9.17) is 0 Å². The Kier molecular flexibility index (Phi) is 6.07. The zero-order valence-electron chi connectivity index (χ0n) is 16.5. The molecule has 1 aromatic carbocycles. The number of nitriles is 1. The molecule has 0 unspecified atom stereocenters. The van der Waals surface area contributed by atoms with Crippen LogP contribution < -0.4 is 16.2 Å². The first-order valence-corrected chi connectivity index (χ1v) is 9.59. The van der Waals surface area contributed by atoms with Crippen LogP contribution in [0.15, 0.2) is 29.1 Å². The number of anilines is 1. The van der Waals surface area contributed by atoms with E-state index in [2.05, 4.69) is 15.7 Å². The lowest BCUT2D eigenvalue weighted by Crippen LogP contribution is -2.34. The van der Waals surface area contributed by atoms with E-state index in [9.17, 15) is 19.6 Å². The second-order valence-electron chi connectivity index (χ2n) is 7.21. The molecule has 1 aliphatic carbocycles. The molecule has 2 aromatic rings. The van der Waals surface area contributed by atoms with E-state index in [-0.39, 0.29) is 24.1 Å². The van der Waals surface area contributed by atoms with Crippen molar-refractivity contribution in [2.24, 2.45) is 0 Å². The van der Waals surface area contributed by atoms with Gasteiger partial charge in [-0.25, -0.2) is 4.68 Å². The van der Waals surface area contributed by atoms with Crippen LogP contribution in [0.25, 0.3) is 0 Å². The third kappa shape index (κ3) is 4.51. The van der Waals surface area contributed by atoms with E-state index in [0.29, 0.717) is 22.5 Å². The number of rotatable bonds is 5. The largest absolute Gasteiger partial charge is 0.349 e. The first-order valence-electron chi connectivity index (χ1n) is 9.59. The molecule has 0 radical (unpaired) electrons. The Morgan fingerprint density at radius 2 is 1.93 bits per heavy atom. The number of carbonyl (C=O) groups excluding carboxylic acids is 2. The van der Waals surface area contributed by atoms with Gasteiger partial charge < -0.3 is 10.6 Å². The highest BCUT2D eigenvalue weighted by atomic mass is 16.2. The fraction of sp³-hybridized carbons (Fsp3) is 0.381. The van der Waals surface area contributed by atoms with Crippen molar-refractivity contribution >= 4 is 17.5 Å². The summed E-state index contributed by atoms with van der Waals surface area (Å²) in [4.78, 5) is 37.5. The predicted molar refractivity (Wildman–Crippen MR) is 107 cm³/mol. The number of nitrogens with one attached hydrogen (secondary N) is 2. The SMILES string of the molecule is Cc1nn(CC(=O)Nc2ccccc2C(=O)NC2CCCC2)c(=O)c(C#N)c1C. The maximum absolute atomic E-state index is 12.6. The maximum Gasteiger partial charge on any atom is 0.285 e. The molecule has 0 atom stereocenters. The van der Waals surface area contributed by atoms with Gasteiger partial charge in [-0.3, -0.25) is 14.4 Å². The summed E-state index contributed by atoms with van der Waals surface area (Å²) >= 11 is 0. The quantitative estimate of drug-likeness (QED) is 0.806. The van der Waals surface area contributed by atoms with Gasteiger partial charge in [-0.2, -0.15) is 10.4 Å². The van der Waals surface area contributed by atoms with E-state index in [1.807, 2.05) is 6.07 Å². The van der Waals surface area contributed by atoms with Crippen molar-refractivity contribution in [3.63, 3.8) is 0 Å². The van der Waals surface area contributed by atoms with E-state index in [1.54, 1.807) is 38.1 Å². The molecule has 1 fully saturated rings. The number of aromatic nitrogens is 2. The van der Waals surface area contributed by atoms with Gasteiger partial charge in [-0.15, -0.1) is 0 Å². The van der Waals surface area contributed by atoms with Crippen molar-refractivity contribution in [1.82, 2.24) is 15.1 Å². The van der Waals surface area contributed by atoms with Crippen LogP contribution in [0.2, 0.25) is 0 Å². The molecule has 2 amide bonds. The van der Waals surface area contributed by atoms with Gasteiger partial charge >= 0.3 is 0 Å². The summed E-state index contributed by atoms with van der Waals surface area (Å²) in [7, 11) is 0. The Balaban J connectivity index is 1.77. The summed E-state index contributed by atoms with van der Waals surface area (Å²) < 4.78 is 0.970. The van der Waals surface area contributed by atoms with Crippen molar-refractivity contribution in [3.05, 3.63) is 57.0 Å². The molecule has 0 spiro atoms. The minimum Gasteiger partial charge on any atom is -0.349 e. The van der Waals surface area contributed by atoms with Crippen molar-refractivity contribution in [3.8, 4) is 6.07 Å². The molecule has 8 heteroatoms. The first-order chi connectivity index (χ1) is 13.9. The Morgan fingerprint density at radius 1 is 1.24 bits per heavy atom. The van der Waals surface area contributed by atoms with Crippen LogP contribution in [0.3, 0.4) is 0 Å². The van der Waals surface area contributed by atoms with Gasteiger partial charge in [0.25, 0.3) is 11.5 Å². The summed E-state index contributed by atoms with van der Waals surface area (Å²) in [6.07, 6.45) is 4.13. The van der Waals surface area contributed by atoms with E-state index < -0.39 is 11.5 Å². The van der Waals surface area contributed by atoms with Gasteiger partial charge in [0, 0.05) is 6.04 Å². The van der Waals surface area contributed by atoms with Crippen LogP contribution in [0.5, 0.6) is 0 Å². The predicted octanol–water partition coefficient (Wildman–Crippen LogP) is 2.04. The minimum absolute atomic E-state index is 0.0263. The summed E-state index contributed by atoms with van der Waals surface area (Å²) in [5.74, 6) is -0.742. The molecular formula is C21H23N5O3. The normalized spacial score (nSPS) is 13.7. The van der Waals surface area contributed by atoms with Crippen LogP contribution in [0.1, 0.15) is 52.9 Å². The maximum atomic E-state index is 12.6. The lowest BCUT2D eigenvalue weighted by Gasteiger charge is -2.15. The molecule has 3 rings (SSSR count). The minimum atomic E-state index is -0.613. The fourth-order valence-electron chi connectivity index (χ4n) is 3.46. The second kappa shape index (κ2) is 8.69. The molecule has 1 saturated carbocycles. The fourth-order valence-corrected chi connectivity index (χ4v) is 3.46. The topological polar surface area (TPSA) is 117 Å². The Labute approximate surface area is 168 Å². The standard InChI is InChI=1S/C21H23N5O3/c1-13-14(2)25-26(21(29)17(13)11-22)12-19(27)24-18-10-6-5-9-16(18)20(28)23-15-7-3-4-8-15/h5-6,9-10,15H,3-4,7-8,12H2,1-2H3,(H,23,28)(H,24,27). The smallest absolute Gasteiger partial charge is 0.285 e. The zero-order valence-corrected chi connectivity index (χ0v) is 16.5. The van der Waals surface area contributed by atoms with Crippen molar-refractivity contribution in [2.75, 3.05) is 5.32 Å². The third-order valence-corrected chi connectivity index (χ3v) is 5.18. The molecule has 29 heavy (non-hydrogen) atoms. The Morgan fingerprint density at radius 3 is 2.62 bits per heavy atom. The number of para-hydroxylation sites is 1. The van der Waals surface area contributed by atoms with Gasteiger partial charge in [-0.05, 0) is 44.4 Å². The third-order valence-electron chi connectivity index (χ3n) is 5.18. The summed E-state index contributed by atoms with van der Waals surface area (Å²) in [5, 5.41) is 19.0. The zero-order chi connectivity index (χ0) is 21.0. The highest BCUT2D eigenvalue weighted by Crippen LogP contribution is 2.20. The molecule has 1 aliphatic rings. The summed E-state index contributed by atoms with van der Waals surface area (Å²) in [5.41, 5.74) is 1.10. The average molecular weight is 393 g/mol. The Bertz CT molecular complexity index is 1050. The number of hydrogen-bond acceptors (Lipinski definition) is 5. The lowest BCUT2D eigenvalue weighted by atomic mass is 10.1. The van der Waals surface area contributed by atoms with Gasteiger partial charge in [0.2, 0.25) is 5.91 Å². The van der Waals surface area contributed by atoms with Crippen LogP contribution >= 0.6 is 0 Å². The second-order valence-corrected chi connectivity index (χ2v) is 7.21. The molecule has 1 aromatic heterocycles. The average Bonchev–Trinajstić information content (AvgIpc) is 3.20. The number of aryl methyl sites for hydroxylation is 1. The molecular weight excluding hydrogens is 370 g/mol. The molecule has 0 saturated heterocycles. The van der Waals surface area contributed by atoms with Crippen LogP contribution in [-0.2, 0) is 11.3 Å². The molecule has 0 bridgehead atoms. The molecule has 2 N–H and O–H groups in total. The number of carbonyl (C=O) groups is 2. The highest BCUT2D eigenvalue weighted by molar-refractivity contribution is 6.03. The highest BCUT2D eigenvalue weighted by Gasteiger charge is 2.20. The van der Waals surface area contributed by atoms with Crippen LogP contribution in [-0.4, -0.2) is 27.6 Å². The van der Waals surface area contributed by atoms with Gasteiger partial charge in [0.05, 0.1) is 16.9 Å². The van der Waals surface area contributed by atoms with Crippen molar-refractivity contribution in [1.29, 1.82) is 5.26 Å². The Hall–Kier alpha value is -3.47. The van der Waals surface area contributed by atoms with Gasteiger partial charge in [-0.1, -0.05) is 25.0 Å². The monoisotopic (exact) mass is 393 g/mol. The number of hydrogen-bond donors (Lipinski definition) is 2.